The van der Waals surface area contributed by atoms with Crippen LogP contribution in [0.25, 0.3) is 0 Å². The second-order valence-corrected chi connectivity index (χ2v) is 5.48. The number of hydrogen-bond donors (Lipinski definition) is 1. The van der Waals surface area contributed by atoms with Crippen LogP contribution in [-0.4, -0.2) is 10.6 Å². The van der Waals surface area contributed by atoms with Gasteiger partial charge < -0.3 is 0 Å². The fourth-order valence-electron chi connectivity index (χ4n) is 0.946. The Morgan fingerprint density at radius 3 is 2.54 bits per heavy atom. The highest BCUT2D eigenvalue weighted by atomic mass is 79.9. The van der Waals surface area contributed by atoms with Crippen LogP contribution in [0.1, 0.15) is 17.3 Å². The maximum absolute atomic E-state index is 11.5. The molecule has 13 heavy (non-hydrogen) atoms. The lowest BCUT2D eigenvalue weighted by Crippen LogP contribution is -2.09. The zero-order valence-electron chi connectivity index (χ0n) is 6.92. The normalized spacial score (nSPS) is 12.6. The van der Waals surface area contributed by atoms with Crippen LogP contribution in [0.4, 0.5) is 0 Å². The number of carbonyl (C=O) groups is 1. The molecule has 0 amide bonds. The number of ketones is 1. The lowest BCUT2D eigenvalue weighted by molar-refractivity contribution is 0.0995. The highest BCUT2D eigenvalue weighted by molar-refractivity contribution is 9.10. The van der Waals surface area contributed by atoms with Crippen molar-refractivity contribution in [1.82, 2.24) is 0 Å². The molecule has 1 atom stereocenters. The number of Topliss-reactive ketones (excluding diaryl/α,β-unsaturated/α-hetero) is 1. The van der Waals surface area contributed by atoms with E-state index >= 15 is 0 Å². The molecule has 0 aliphatic rings. The van der Waals surface area contributed by atoms with Gasteiger partial charge in [-0.1, -0.05) is 31.9 Å². The second kappa shape index (κ2) is 4.62. The summed E-state index contributed by atoms with van der Waals surface area (Å²) in [6.45, 7) is 1.81. The molecule has 0 N–H and O–H groups in total. The van der Waals surface area contributed by atoms with Crippen LogP contribution < -0.4 is 0 Å². The van der Waals surface area contributed by atoms with E-state index in [1.54, 1.807) is 19.1 Å². The van der Waals surface area contributed by atoms with Crippen LogP contribution in [0.2, 0.25) is 0 Å². The summed E-state index contributed by atoms with van der Waals surface area (Å²) < 4.78 is 0.872. The Hall–Kier alpha value is 0.200. The maximum atomic E-state index is 11.5. The van der Waals surface area contributed by atoms with Crippen molar-refractivity contribution in [3.8, 4) is 0 Å². The molecule has 70 valence electrons. The molecule has 0 radical (unpaired) electrons. The van der Waals surface area contributed by atoms with Crippen LogP contribution in [0.5, 0.6) is 0 Å². The molecule has 1 aromatic carbocycles. The monoisotopic (exact) mass is 322 g/mol. The second-order valence-electron chi connectivity index (χ2n) is 2.68. The lowest BCUT2D eigenvalue weighted by atomic mass is 10.1. The summed E-state index contributed by atoms with van der Waals surface area (Å²) in [5.41, 5.74) is 0.670. The Morgan fingerprint density at radius 1 is 1.46 bits per heavy atom. The highest BCUT2D eigenvalue weighted by Crippen LogP contribution is 2.20. The van der Waals surface area contributed by atoms with E-state index in [2.05, 4.69) is 44.5 Å². The molecule has 4 heteroatoms. The smallest absolute Gasteiger partial charge is 0.176 e. The third-order valence-electron chi connectivity index (χ3n) is 1.53. The van der Waals surface area contributed by atoms with Gasteiger partial charge in [0.15, 0.2) is 5.78 Å². The van der Waals surface area contributed by atoms with Gasteiger partial charge >= 0.3 is 0 Å². The summed E-state index contributed by atoms with van der Waals surface area (Å²) in [4.78, 5) is 12.2. The van der Waals surface area contributed by atoms with Crippen molar-refractivity contribution < 1.29 is 4.79 Å². The standard InChI is InChI=1S/C9H8Br2OS/c1-5(10)9(12)6-2-7(11)4-8(13)3-6/h2-5,13H,1H3. The number of alkyl halides is 1. The fraction of sp³-hybridized carbons (Fsp3) is 0.222. The van der Waals surface area contributed by atoms with E-state index in [-0.39, 0.29) is 10.6 Å². The van der Waals surface area contributed by atoms with E-state index in [1.165, 1.54) is 0 Å². The minimum Gasteiger partial charge on any atom is -0.293 e. The van der Waals surface area contributed by atoms with E-state index in [0.29, 0.717) is 5.56 Å². The van der Waals surface area contributed by atoms with Crippen LogP contribution in [0.15, 0.2) is 27.6 Å². The molecule has 0 aliphatic carbocycles. The molecule has 0 spiro atoms. The van der Waals surface area contributed by atoms with Crippen LogP contribution in [0, 0.1) is 0 Å². The predicted molar refractivity (Wildman–Crippen MR) is 64.1 cm³/mol. The maximum Gasteiger partial charge on any atom is 0.176 e. The van der Waals surface area contributed by atoms with Crippen molar-refractivity contribution in [2.24, 2.45) is 0 Å². The number of benzene rings is 1. The SMILES string of the molecule is CC(Br)C(=O)c1cc(S)cc(Br)c1. The fourth-order valence-corrected chi connectivity index (χ4v) is 2.16. The molecule has 0 aliphatic heterocycles. The quantitative estimate of drug-likeness (QED) is 0.499. The summed E-state index contributed by atoms with van der Waals surface area (Å²) in [5.74, 6) is 0.0663. The summed E-state index contributed by atoms with van der Waals surface area (Å²) >= 11 is 10.7. The Balaban J connectivity index is 3.08. The van der Waals surface area contributed by atoms with Gasteiger partial charge in [-0.2, -0.15) is 0 Å². The molecule has 1 nitrogen and oxygen atoms in total. The number of hydrogen-bond acceptors (Lipinski definition) is 2. The van der Waals surface area contributed by atoms with E-state index in [4.69, 9.17) is 0 Å². The van der Waals surface area contributed by atoms with Gasteiger partial charge in [-0.15, -0.1) is 12.6 Å². The van der Waals surface area contributed by atoms with Crippen molar-refractivity contribution in [2.45, 2.75) is 16.6 Å². The van der Waals surface area contributed by atoms with Gasteiger partial charge in [0.1, 0.15) is 0 Å². The molecule has 1 aromatic rings. The average molecular weight is 324 g/mol. The third-order valence-corrected chi connectivity index (χ3v) is 2.66. The minimum absolute atomic E-state index is 0.0663. The van der Waals surface area contributed by atoms with Crippen LogP contribution in [-0.2, 0) is 0 Å². The summed E-state index contributed by atoms with van der Waals surface area (Å²) in [6.07, 6.45) is 0. The Kier molecular flexibility index (Phi) is 4.01. The van der Waals surface area contributed by atoms with Gasteiger partial charge in [0.25, 0.3) is 0 Å². The molecule has 0 saturated heterocycles. The molecular formula is C9H8Br2OS. The van der Waals surface area contributed by atoms with Crippen molar-refractivity contribution in [1.29, 1.82) is 0 Å². The molecule has 1 rings (SSSR count). The zero-order valence-corrected chi connectivity index (χ0v) is 11.0. The third kappa shape index (κ3) is 3.11. The van der Waals surface area contributed by atoms with E-state index in [0.717, 1.165) is 9.37 Å². The van der Waals surface area contributed by atoms with Gasteiger partial charge in [-0.25, -0.2) is 0 Å². The first-order valence-corrected chi connectivity index (χ1v) is 5.84. The molecule has 0 saturated carbocycles. The van der Waals surface area contributed by atoms with Crippen LogP contribution >= 0.6 is 44.5 Å². The van der Waals surface area contributed by atoms with Crippen molar-refractivity contribution in [3.63, 3.8) is 0 Å². The molecule has 0 aromatic heterocycles. The van der Waals surface area contributed by atoms with Gasteiger partial charge in [0.05, 0.1) is 4.83 Å². The van der Waals surface area contributed by atoms with E-state index in [9.17, 15) is 4.79 Å². The molecule has 1 unspecified atom stereocenters. The Bertz CT molecular complexity index is 316. The van der Waals surface area contributed by atoms with Crippen molar-refractivity contribution in [2.75, 3.05) is 0 Å². The number of carbonyl (C=O) groups excluding carboxylic acids is 1. The van der Waals surface area contributed by atoms with Crippen molar-refractivity contribution in [3.05, 3.63) is 28.2 Å². The zero-order chi connectivity index (χ0) is 10.0. The molecule has 0 fully saturated rings. The topological polar surface area (TPSA) is 17.1 Å². The van der Waals surface area contributed by atoms with Gasteiger partial charge in [0, 0.05) is 14.9 Å². The van der Waals surface area contributed by atoms with Gasteiger partial charge in [0.2, 0.25) is 0 Å². The van der Waals surface area contributed by atoms with Crippen LogP contribution in [0.3, 0.4) is 0 Å². The summed E-state index contributed by atoms with van der Waals surface area (Å²) in [7, 11) is 0. The summed E-state index contributed by atoms with van der Waals surface area (Å²) in [5, 5.41) is 0. The first-order chi connectivity index (χ1) is 6.00. The number of thiol groups is 1. The Labute approximate surface area is 99.6 Å². The first kappa shape index (κ1) is 11.3. The summed E-state index contributed by atoms with van der Waals surface area (Å²) in [6, 6.07) is 5.40. The van der Waals surface area contributed by atoms with E-state index in [1.807, 2.05) is 6.07 Å². The molecule has 0 heterocycles. The van der Waals surface area contributed by atoms with Gasteiger partial charge in [-0.05, 0) is 25.1 Å². The Morgan fingerprint density at radius 2 is 2.08 bits per heavy atom. The minimum atomic E-state index is -0.158. The number of halogens is 2. The average Bonchev–Trinajstić information content (AvgIpc) is 2.01. The van der Waals surface area contributed by atoms with Gasteiger partial charge in [-0.3, -0.25) is 4.79 Å². The van der Waals surface area contributed by atoms with Crippen molar-refractivity contribution >= 4 is 50.3 Å². The molecule has 0 bridgehead atoms. The predicted octanol–water partition coefficient (Wildman–Crippen LogP) is 3.70. The molecular weight excluding hydrogens is 316 g/mol. The largest absolute Gasteiger partial charge is 0.293 e. The number of rotatable bonds is 2. The lowest BCUT2D eigenvalue weighted by Gasteiger charge is -2.04. The first-order valence-electron chi connectivity index (χ1n) is 3.68. The van der Waals surface area contributed by atoms with E-state index < -0.39 is 0 Å². The highest BCUT2D eigenvalue weighted by Gasteiger charge is 2.12.